The van der Waals surface area contributed by atoms with E-state index in [1.54, 1.807) is 34.6 Å². The molecule has 5 heteroatoms. The maximum atomic E-state index is 13.1. The van der Waals surface area contributed by atoms with Gasteiger partial charge in [-0.05, 0) is 70.9 Å². The van der Waals surface area contributed by atoms with Crippen molar-refractivity contribution in [3.05, 3.63) is 89.7 Å². The lowest BCUT2D eigenvalue weighted by Crippen LogP contribution is -2.30. The molecule has 36 heavy (non-hydrogen) atoms. The molecule has 1 aromatic heterocycles. The normalized spacial score (nSPS) is 10.3. The molecule has 0 saturated carbocycles. The van der Waals surface area contributed by atoms with Gasteiger partial charge in [-0.2, -0.15) is 4.31 Å². The molecule has 4 nitrogen and oxygen atoms in total. The highest BCUT2D eigenvalue weighted by molar-refractivity contribution is 7.89. The molecule has 0 N–H and O–H groups in total. The summed E-state index contributed by atoms with van der Waals surface area (Å²) in [4.78, 5) is 0.344. The number of allylic oxidation sites excluding steroid dienone is 3. The molecular weight excluding hydrogens is 464 g/mol. The summed E-state index contributed by atoms with van der Waals surface area (Å²) in [5.74, 6) is 0. The molecule has 0 aliphatic heterocycles. The number of nitrogens with zero attached hydrogens (tertiary/aromatic N) is 2. The molecule has 3 rings (SSSR count). The van der Waals surface area contributed by atoms with E-state index in [2.05, 4.69) is 70.2 Å². The number of aromatic nitrogens is 1. The monoisotopic (exact) mass is 512 g/mol. The van der Waals surface area contributed by atoms with Crippen molar-refractivity contribution in [2.45, 2.75) is 80.2 Å². The molecule has 0 saturated heterocycles. The number of benzene rings is 2. The fraction of sp³-hybridized carbons (Fsp3) is 0.419. The van der Waals surface area contributed by atoms with E-state index < -0.39 is 10.0 Å². The second-order valence-corrected chi connectivity index (χ2v) is 10.3. The van der Waals surface area contributed by atoms with Crippen molar-refractivity contribution >= 4 is 20.9 Å². The Kier molecular flexibility index (Phi) is 15.7. The van der Waals surface area contributed by atoms with Gasteiger partial charge in [-0.1, -0.05) is 75.2 Å². The summed E-state index contributed by atoms with van der Waals surface area (Å²) in [6, 6.07) is 15.1. The first-order valence-electron chi connectivity index (χ1n) is 12.9. The van der Waals surface area contributed by atoms with E-state index in [1.165, 1.54) is 16.8 Å². The van der Waals surface area contributed by atoms with E-state index in [1.807, 2.05) is 40.7 Å². The molecule has 0 aliphatic carbocycles. The van der Waals surface area contributed by atoms with Crippen LogP contribution in [0.1, 0.15) is 72.2 Å². The van der Waals surface area contributed by atoms with Crippen molar-refractivity contribution < 1.29 is 8.42 Å². The first-order valence-corrected chi connectivity index (χ1v) is 14.3. The van der Waals surface area contributed by atoms with Gasteiger partial charge < -0.3 is 4.57 Å². The van der Waals surface area contributed by atoms with E-state index >= 15 is 0 Å². The van der Waals surface area contributed by atoms with Crippen LogP contribution in [0, 0.1) is 6.92 Å². The van der Waals surface area contributed by atoms with Crippen LogP contribution in [0.25, 0.3) is 10.9 Å². The Labute approximate surface area is 221 Å². The summed E-state index contributed by atoms with van der Waals surface area (Å²) in [5.41, 5.74) is 6.00. The van der Waals surface area contributed by atoms with Gasteiger partial charge in [0.15, 0.2) is 0 Å². The Balaban J connectivity index is 0.00000106. The number of hydrogen-bond donors (Lipinski definition) is 0. The van der Waals surface area contributed by atoms with Gasteiger partial charge in [0.25, 0.3) is 0 Å². The Bertz CT molecular complexity index is 1190. The van der Waals surface area contributed by atoms with Crippen LogP contribution in [0.4, 0.5) is 0 Å². The van der Waals surface area contributed by atoms with E-state index in [9.17, 15) is 8.42 Å². The summed E-state index contributed by atoms with van der Waals surface area (Å²) >= 11 is 0. The minimum atomic E-state index is -3.52. The van der Waals surface area contributed by atoms with Crippen LogP contribution in [-0.4, -0.2) is 23.8 Å². The average molecular weight is 513 g/mol. The zero-order valence-corrected chi connectivity index (χ0v) is 25.0. The van der Waals surface area contributed by atoms with Gasteiger partial charge in [0.05, 0.1) is 4.90 Å². The van der Waals surface area contributed by atoms with Crippen LogP contribution < -0.4 is 0 Å². The number of sulfonamides is 1. The maximum Gasteiger partial charge on any atom is 0.243 e. The second kappa shape index (κ2) is 16.9. The first kappa shape index (κ1) is 33.4. The highest BCUT2D eigenvalue weighted by Crippen LogP contribution is 2.29. The molecule has 0 radical (unpaired) electrons. The zero-order valence-electron chi connectivity index (χ0n) is 24.2. The van der Waals surface area contributed by atoms with Gasteiger partial charge >= 0.3 is 0 Å². The minimum Gasteiger partial charge on any atom is -0.347 e. The average Bonchev–Trinajstić information content (AvgIpc) is 3.14. The summed E-state index contributed by atoms with van der Waals surface area (Å²) in [5, 5.41) is 1.14. The number of rotatable bonds is 6. The van der Waals surface area contributed by atoms with E-state index in [-0.39, 0.29) is 0 Å². The van der Waals surface area contributed by atoms with Crippen molar-refractivity contribution in [3.63, 3.8) is 0 Å². The van der Waals surface area contributed by atoms with Crippen LogP contribution in [0.5, 0.6) is 0 Å². The van der Waals surface area contributed by atoms with Crippen molar-refractivity contribution in [1.29, 1.82) is 0 Å². The zero-order chi connectivity index (χ0) is 27.9. The molecule has 0 amide bonds. The summed E-state index contributed by atoms with van der Waals surface area (Å²) in [7, 11) is -1.46. The SMILES string of the molecule is C=CC.CC.CC=C(C)C.CCc1c(CN(CC)S(=O)(=O)c2ccccc2)c2cc(C)ccc2n1C. The van der Waals surface area contributed by atoms with Gasteiger partial charge in [0.1, 0.15) is 0 Å². The van der Waals surface area contributed by atoms with Gasteiger partial charge in [-0.3, -0.25) is 0 Å². The van der Waals surface area contributed by atoms with Gasteiger partial charge in [-0.25, -0.2) is 8.42 Å². The van der Waals surface area contributed by atoms with Crippen LogP contribution in [0.2, 0.25) is 0 Å². The Morgan fingerprint density at radius 2 is 1.56 bits per heavy atom. The Morgan fingerprint density at radius 1 is 1.03 bits per heavy atom. The fourth-order valence-corrected chi connectivity index (χ4v) is 5.04. The Hall–Kier alpha value is -2.63. The van der Waals surface area contributed by atoms with Crippen molar-refractivity contribution in [3.8, 4) is 0 Å². The van der Waals surface area contributed by atoms with Crippen LogP contribution in [0.3, 0.4) is 0 Å². The van der Waals surface area contributed by atoms with E-state index in [0.29, 0.717) is 18.0 Å². The molecule has 0 spiro atoms. The molecular formula is C31H48N2O2S. The maximum absolute atomic E-state index is 13.1. The minimum absolute atomic E-state index is 0.344. The fourth-order valence-electron chi connectivity index (χ4n) is 3.60. The second-order valence-electron chi connectivity index (χ2n) is 8.38. The standard InChI is InChI=1S/C21H26N2O2S.C5H10.C3H6.C2H6/c1-5-20-19(18-14-16(3)12-13-21(18)22(20)4)15-23(6-2)26(24,25)17-10-8-7-9-11-17;1-4-5(2)3;1-3-2;1-2/h7-14H,5-6,15H2,1-4H3;4H,1-3H3;3H,1H2,2H3;1-2H3. The number of aryl methyl sites for hydroxylation is 2. The number of hydrogen-bond acceptors (Lipinski definition) is 2. The van der Waals surface area contributed by atoms with E-state index in [4.69, 9.17) is 0 Å². The molecule has 2 aromatic carbocycles. The van der Waals surface area contributed by atoms with E-state index in [0.717, 1.165) is 22.9 Å². The topological polar surface area (TPSA) is 42.3 Å². The number of fused-ring (bicyclic) bond motifs is 1. The molecule has 3 aromatic rings. The summed E-state index contributed by atoms with van der Waals surface area (Å²) in [6.45, 7) is 22.4. The largest absolute Gasteiger partial charge is 0.347 e. The Morgan fingerprint density at radius 3 is 2.00 bits per heavy atom. The molecule has 0 fully saturated rings. The lowest BCUT2D eigenvalue weighted by molar-refractivity contribution is 0.423. The quantitative estimate of drug-likeness (QED) is 0.311. The lowest BCUT2D eigenvalue weighted by Gasteiger charge is -2.21. The lowest BCUT2D eigenvalue weighted by atomic mass is 10.1. The highest BCUT2D eigenvalue weighted by atomic mass is 32.2. The molecule has 200 valence electrons. The van der Waals surface area contributed by atoms with Gasteiger partial charge in [-0.15, -0.1) is 6.58 Å². The van der Waals surface area contributed by atoms with Crippen molar-refractivity contribution in [2.24, 2.45) is 7.05 Å². The summed E-state index contributed by atoms with van der Waals surface area (Å²) in [6.07, 6.45) is 4.70. The third-order valence-electron chi connectivity index (χ3n) is 5.57. The van der Waals surface area contributed by atoms with Gasteiger partial charge in [0, 0.05) is 36.7 Å². The third-order valence-corrected chi connectivity index (χ3v) is 7.51. The molecule has 0 unspecified atom stereocenters. The molecule has 0 aliphatic rings. The van der Waals surface area contributed by atoms with Gasteiger partial charge in [0.2, 0.25) is 10.0 Å². The molecule has 0 atom stereocenters. The molecule has 0 bridgehead atoms. The summed E-state index contributed by atoms with van der Waals surface area (Å²) < 4.78 is 29.9. The van der Waals surface area contributed by atoms with Crippen LogP contribution >= 0.6 is 0 Å². The third kappa shape index (κ3) is 9.11. The first-order chi connectivity index (χ1) is 17.1. The van der Waals surface area contributed by atoms with Crippen LogP contribution in [0.15, 0.2) is 77.7 Å². The predicted molar refractivity (Wildman–Crippen MR) is 159 cm³/mol. The predicted octanol–water partition coefficient (Wildman–Crippen LogP) is 8.45. The highest BCUT2D eigenvalue weighted by Gasteiger charge is 2.25. The van der Waals surface area contributed by atoms with Crippen LogP contribution in [-0.2, 0) is 30.0 Å². The smallest absolute Gasteiger partial charge is 0.243 e. The van der Waals surface area contributed by atoms with Crippen molar-refractivity contribution in [1.82, 2.24) is 8.87 Å². The van der Waals surface area contributed by atoms with Crippen molar-refractivity contribution in [2.75, 3.05) is 6.54 Å². The molecule has 1 heterocycles.